The summed E-state index contributed by atoms with van der Waals surface area (Å²) in [6, 6.07) is 14.0. The summed E-state index contributed by atoms with van der Waals surface area (Å²) < 4.78 is 5.47. The molecule has 0 bridgehead atoms. The first-order valence-electron chi connectivity index (χ1n) is 8.55. The van der Waals surface area contributed by atoms with E-state index in [1.54, 1.807) is 30.3 Å². The number of nitrogens with one attached hydrogen (secondary N) is 1. The van der Waals surface area contributed by atoms with Crippen LogP contribution in [0.25, 0.3) is 0 Å². The largest absolute Gasteiger partial charge is 0.423 e. The van der Waals surface area contributed by atoms with Gasteiger partial charge in [-0.1, -0.05) is 41.6 Å². The summed E-state index contributed by atoms with van der Waals surface area (Å²) in [6.07, 6.45) is 0. The van der Waals surface area contributed by atoms with E-state index < -0.39 is 11.3 Å². The molecule has 1 aliphatic heterocycles. The molecule has 1 heterocycles. The van der Waals surface area contributed by atoms with Gasteiger partial charge in [0.2, 0.25) is 11.8 Å². The number of benzene rings is 2. The summed E-state index contributed by atoms with van der Waals surface area (Å²) in [5.41, 5.74) is 2.22. The van der Waals surface area contributed by atoms with Gasteiger partial charge in [-0.05, 0) is 36.8 Å². The zero-order valence-electron chi connectivity index (χ0n) is 15.6. The van der Waals surface area contributed by atoms with Crippen molar-refractivity contribution in [1.29, 1.82) is 0 Å². The first kappa shape index (κ1) is 19.6. The van der Waals surface area contributed by atoms with Gasteiger partial charge in [-0.2, -0.15) is 0 Å². The molecule has 8 heteroatoms. The highest BCUT2D eigenvalue weighted by atomic mass is 32.2. The Morgan fingerprint density at radius 3 is 2.46 bits per heavy atom. The highest BCUT2D eigenvalue weighted by Crippen LogP contribution is 2.39. The molecule has 0 spiro atoms. The molecule has 2 amide bonds. The van der Waals surface area contributed by atoms with Gasteiger partial charge in [-0.15, -0.1) is 5.10 Å². The smallest absolute Gasteiger partial charge is 0.343 e. The minimum absolute atomic E-state index is 0.264. The first-order chi connectivity index (χ1) is 13.3. The molecule has 1 unspecified atom stereocenters. The third-order valence-corrected chi connectivity index (χ3v) is 4.99. The van der Waals surface area contributed by atoms with E-state index in [0.29, 0.717) is 16.5 Å². The van der Waals surface area contributed by atoms with E-state index in [9.17, 15) is 14.4 Å². The number of ether oxygens (including phenoxy) is 1. The molecule has 0 saturated carbocycles. The molecule has 0 saturated heterocycles. The second kappa shape index (κ2) is 8.26. The predicted octanol–water partition coefficient (Wildman–Crippen LogP) is 3.22. The summed E-state index contributed by atoms with van der Waals surface area (Å²) in [5, 5.41) is 7.92. The number of carbonyl (C=O) groups is 3. The lowest BCUT2D eigenvalue weighted by atomic mass is 10.1. The molecule has 7 nitrogen and oxygen atoms in total. The van der Waals surface area contributed by atoms with Gasteiger partial charge in [0, 0.05) is 13.8 Å². The highest BCUT2D eigenvalue weighted by Gasteiger charge is 2.32. The number of rotatable bonds is 3. The van der Waals surface area contributed by atoms with Gasteiger partial charge in [0.25, 0.3) is 0 Å². The number of hydrogen-bond acceptors (Lipinski definition) is 6. The lowest BCUT2D eigenvalue weighted by Gasteiger charge is -2.19. The van der Waals surface area contributed by atoms with Crippen molar-refractivity contribution in [3.05, 3.63) is 65.2 Å². The van der Waals surface area contributed by atoms with Crippen LogP contribution in [0.4, 0.5) is 0 Å². The molecular formula is C20H19N3O4S. The van der Waals surface area contributed by atoms with Gasteiger partial charge >= 0.3 is 5.97 Å². The van der Waals surface area contributed by atoms with Crippen LogP contribution in [0.3, 0.4) is 0 Å². The Labute approximate surface area is 166 Å². The fourth-order valence-electron chi connectivity index (χ4n) is 2.57. The predicted molar refractivity (Wildman–Crippen MR) is 107 cm³/mol. The molecule has 1 N–H and O–H groups in total. The van der Waals surface area contributed by atoms with E-state index >= 15 is 0 Å². The van der Waals surface area contributed by atoms with Crippen molar-refractivity contribution in [3.63, 3.8) is 0 Å². The number of amidine groups is 1. The third kappa shape index (κ3) is 4.58. The maximum absolute atomic E-state index is 12.3. The Balaban J connectivity index is 1.79. The summed E-state index contributed by atoms with van der Waals surface area (Å²) in [4.78, 5) is 35.6. The Bertz CT molecular complexity index is 956. The average Bonchev–Trinajstić information content (AvgIpc) is 3.06. The molecule has 3 rings (SSSR count). The van der Waals surface area contributed by atoms with Crippen molar-refractivity contribution < 1.29 is 19.1 Å². The van der Waals surface area contributed by atoms with Crippen molar-refractivity contribution in [2.24, 2.45) is 5.10 Å². The minimum Gasteiger partial charge on any atom is -0.423 e. The number of thioether (sulfide) groups is 1. The molecule has 2 aromatic rings. The van der Waals surface area contributed by atoms with Crippen LogP contribution in [0.2, 0.25) is 0 Å². The van der Waals surface area contributed by atoms with E-state index in [4.69, 9.17) is 4.74 Å². The maximum atomic E-state index is 12.3. The van der Waals surface area contributed by atoms with Crippen LogP contribution in [0.15, 0.2) is 53.6 Å². The molecule has 144 valence electrons. The topological polar surface area (TPSA) is 88.1 Å². The molecular weight excluding hydrogens is 378 g/mol. The van der Waals surface area contributed by atoms with Gasteiger partial charge in [0.05, 0.1) is 5.56 Å². The molecule has 28 heavy (non-hydrogen) atoms. The van der Waals surface area contributed by atoms with E-state index in [0.717, 1.165) is 11.1 Å². The molecule has 1 atom stereocenters. The van der Waals surface area contributed by atoms with Crippen molar-refractivity contribution in [2.45, 2.75) is 26.1 Å². The number of carbonyl (C=O) groups excluding carboxylic acids is 3. The van der Waals surface area contributed by atoms with E-state index in [1.165, 1.54) is 30.6 Å². The molecule has 0 aromatic heterocycles. The quantitative estimate of drug-likeness (QED) is 0.635. The van der Waals surface area contributed by atoms with Crippen LogP contribution < -0.4 is 10.1 Å². The zero-order chi connectivity index (χ0) is 20.3. The monoisotopic (exact) mass is 397 g/mol. The van der Waals surface area contributed by atoms with Crippen molar-refractivity contribution in [3.8, 4) is 5.75 Å². The summed E-state index contributed by atoms with van der Waals surface area (Å²) in [6.45, 7) is 4.71. The summed E-state index contributed by atoms with van der Waals surface area (Å²) in [7, 11) is 0. The number of hydrogen-bond donors (Lipinski definition) is 1. The Morgan fingerprint density at radius 1 is 1.11 bits per heavy atom. The van der Waals surface area contributed by atoms with Gasteiger partial charge in [-0.25, -0.2) is 9.80 Å². The molecule has 2 aromatic carbocycles. The van der Waals surface area contributed by atoms with Gasteiger partial charge in [0.1, 0.15) is 11.1 Å². The van der Waals surface area contributed by atoms with Gasteiger partial charge in [0.15, 0.2) is 5.17 Å². The Morgan fingerprint density at radius 2 is 1.82 bits per heavy atom. The maximum Gasteiger partial charge on any atom is 0.343 e. The fraction of sp³-hybridized carbons (Fsp3) is 0.200. The molecule has 1 aliphatic rings. The second-order valence-corrected chi connectivity index (χ2v) is 7.32. The highest BCUT2D eigenvalue weighted by molar-refractivity contribution is 8.14. The molecule has 0 radical (unpaired) electrons. The van der Waals surface area contributed by atoms with Gasteiger partial charge < -0.3 is 10.1 Å². The SMILES string of the molecule is CC(=O)NC1=NN(C(C)=O)C(c2cccc(OC(=O)c3ccc(C)cc3)c2)S1. The Hall–Kier alpha value is -3.13. The summed E-state index contributed by atoms with van der Waals surface area (Å²) in [5.74, 6) is -0.633. The van der Waals surface area contributed by atoms with Crippen LogP contribution in [-0.2, 0) is 9.59 Å². The number of esters is 1. The van der Waals surface area contributed by atoms with Crippen molar-refractivity contribution in [2.75, 3.05) is 0 Å². The van der Waals surface area contributed by atoms with Crippen molar-refractivity contribution >= 4 is 34.7 Å². The van der Waals surface area contributed by atoms with Gasteiger partial charge in [-0.3, -0.25) is 9.59 Å². The number of amides is 2. The zero-order valence-corrected chi connectivity index (χ0v) is 16.4. The summed E-state index contributed by atoms with van der Waals surface area (Å²) >= 11 is 1.24. The second-order valence-electron chi connectivity index (χ2n) is 6.25. The number of aryl methyl sites for hydroxylation is 1. The van der Waals surface area contributed by atoms with E-state index in [2.05, 4.69) is 10.4 Å². The number of hydrazone groups is 1. The van der Waals surface area contributed by atoms with E-state index in [-0.39, 0.29) is 11.8 Å². The van der Waals surface area contributed by atoms with Crippen LogP contribution in [0.1, 0.15) is 40.7 Å². The average molecular weight is 397 g/mol. The Kier molecular flexibility index (Phi) is 5.79. The lowest BCUT2D eigenvalue weighted by Crippen LogP contribution is -2.25. The standard InChI is InChI=1S/C20H19N3O4S/c1-12-7-9-15(10-8-12)19(26)27-17-6-4-5-16(11-17)18-23(14(3)25)22-20(28-18)21-13(2)24/h4-11,18H,1-3H3,(H,21,22,24). The van der Waals surface area contributed by atoms with Crippen molar-refractivity contribution in [1.82, 2.24) is 10.3 Å². The first-order valence-corrected chi connectivity index (χ1v) is 9.43. The molecule has 0 fully saturated rings. The van der Waals surface area contributed by atoms with Crippen LogP contribution >= 0.6 is 11.8 Å². The van der Waals surface area contributed by atoms with Crippen LogP contribution in [0.5, 0.6) is 5.75 Å². The number of nitrogens with zero attached hydrogens (tertiary/aromatic N) is 2. The van der Waals surface area contributed by atoms with Crippen LogP contribution in [0, 0.1) is 6.92 Å². The normalized spacial score (nSPS) is 15.8. The fourth-order valence-corrected chi connectivity index (χ4v) is 3.69. The third-order valence-electron chi connectivity index (χ3n) is 3.89. The lowest BCUT2D eigenvalue weighted by molar-refractivity contribution is -0.129. The minimum atomic E-state index is -0.463. The van der Waals surface area contributed by atoms with Crippen LogP contribution in [-0.4, -0.2) is 28.0 Å². The molecule has 0 aliphatic carbocycles. The van der Waals surface area contributed by atoms with E-state index in [1.807, 2.05) is 25.1 Å².